The lowest BCUT2D eigenvalue weighted by Crippen LogP contribution is -2.58. The zero-order valence-electron chi connectivity index (χ0n) is 20.8. The van der Waals surface area contributed by atoms with Crippen LogP contribution in [0.15, 0.2) is 0 Å². The number of aliphatic hydroxyl groups is 2. The van der Waals surface area contributed by atoms with E-state index in [2.05, 4.69) is 26.1 Å². The Kier molecular flexibility index (Phi) is 7.18. The Hall–Kier alpha value is -1.14. The first-order chi connectivity index (χ1) is 15.6. The van der Waals surface area contributed by atoms with Gasteiger partial charge in [0.15, 0.2) is 0 Å². The first-order valence-electron chi connectivity index (χ1n) is 13.4. The number of amides is 1. The maximum Gasteiger partial charge on any atom is 0.305 e. The van der Waals surface area contributed by atoms with Gasteiger partial charge in [0.1, 0.15) is 0 Å². The van der Waals surface area contributed by atoms with Crippen molar-refractivity contribution in [3.63, 3.8) is 0 Å². The van der Waals surface area contributed by atoms with Gasteiger partial charge in [-0.2, -0.15) is 0 Å². The van der Waals surface area contributed by atoms with Gasteiger partial charge in [-0.15, -0.1) is 0 Å². The Morgan fingerprint density at radius 1 is 1.00 bits per heavy atom. The highest BCUT2D eigenvalue weighted by atomic mass is 16.4. The van der Waals surface area contributed by atoms with Gasteiger partial charge in [-0.25, -0.2) is 0 Å². The van der Waals surface area contributed by atoms with Crippen LogP contribution in [0.25, 0.3) is 0 Å². The number of hydrogen-bond acceptors (Lipinski definition) is 4. The molecule has 0 bridgehead atoms. The van der Waals surface area contributed by atoms with Crippen molar-refractivity contribution in [1.82, 2.24) is 5.32 Å². The molecule has 4 aliphatic rings. The van der Waals surface area contributed by atoms with Crippen molar-refractivity contribution >= 4 is 11.9 Å². The molecule has 0 unspecified atom stereocenters. The van der Waals surface area contributed by atoms with Crippen LogP contribution in [0.3, 0.4) is 0 Å². The van der Waals surface area contributed by atoms with Crippen molar-refractivity contribution in [2.24, 2.45) is 46.3 Å². The quantitative estimate of drug-likeness (QED) is 0.457. The lowest BCUT2D eigenvalue weighted by atomic mass is 9.43. The van der Waals surface area contributed by atoms with Gasteiger partial charge < -0.3 is 20.6 Å². The van der Waals surface area contributed by atoms with Gasteiger partial charge in [0.2, 0.25) is 5.91 Å². The van der Waals surface area contributed by atoms with Crippen LogP contribution in [0.4, 0.5) is 0 Å². The fraction of sp³-hybridized carbons (Fsp3) is 0.926. The largest absolute Gasteiger partial charge is 0.481 e. The molecule has 4 fully saturated rings. The van der Waals surface area contributed by atoms with Crippen molar-refractivity contribution in [2.75, 3.05) is 6.54 Å². The van der Waals surface area contributed by atoms with Crippen LogP contribution in [0.2, 0.25) is 0 Å². The van der Waals surface area contributed by atoms with E-state index in [4.69, 9.17) is 5.11 Å². The molecule has 0 aromatic rings. The van der Waals surface area contributed by atoms with Gasteiger partial charge in [0.05, 0.1) is 18.6 Å². The monoisotopic (exact) mass is 463 g/mol. The van der Waals surface area contributed by atoms with Crippen LogP contribution < -0.4 is 5.32 Å². The highest BCUT2D eigenvalue weighted by molar-refractivity contribution is 5.76. The summed E-state index contributed by atoms with van der Waals surface area (Å²) in [4.78, 5) is 22.8. The minimum absolute atomic E-state index is 0.0445. The molecular formula is C27H45NO5. The van der Waals surface area contributed by atoms with Crippen LogP contribution in [-0.2, 0) is 9.59 Å². The van der Waals surface area contributed by atoms with Crippen LogP contribution >= 0.6 is 0 Å². The molecule has 4 rings (SSSR count). The zero-order valence-corrected chi connectivity index (χ0v) is 20.8. The van der Waals surface area contributed by atoms with Crippen molar-refractivity contribution < 1.29 is 24.9 Å². The highest BCUT2D eigenvalue weighted by Crippen LogP contribution is 2.68. The Morgan fingerprint density at radius 3 is 2.48 bits per heavy atom. The highest BCUT2D eigenvalue weighted by Gasteiger charge is 2.63. The predicted molar refractivity (Wildman–Crippen MR) is 126 cm³/mol. The van der Waals surface area contributed by atoms with Crippen molar-refractivity contribution in [3.05, 3.63) is 0 Å². The summed E-state index contributed by atoms with van der Waals surface area (Å²) in [5.74, 6) is 2.18. The second-order valence-electron chi connectivity index (χ2n) is 12.4. The number of aliphatic carboxylic acids is 1. The lowest BCUT2D eigenvalue weighted by molar-refractivity contribution is -0.174. The summed E-state index contributed by atoms with van der Waals surface area (Å²) < 4.78 is 0. The average molecular weight is 464 g/mol. The third-order valence-corrected chi connectivity index (χ3v) is 11.0. The van der Waals surface area contributed by atoms with Crippen molar-refractivity contribution in [3.8, 4) is 0 Å². The summed E-state index contributed by atoms with van der Waals surface area (Å²) in [6.45, 7) is 7.21. The fourth-order valence-electron chi connectivity index (χ4n) is 9.12. The number of carbonyl (C=O) groups is 2. The van der Waals surface area contributed by atoms with Gasteiger partial charge in [0.25, 0.3) is 0 Å². The van der Waals surface area contributed by atoms with Crippen molar-refractivity contribution in [1.29, 1.82) is 0 Å². The Balaban J connectivity index is 1.41. The standard InChI is InChI=1S/C27H45NO5/c1-16(4-9-24(31)28-13-11-25(32)33)20-7-8-21-19-6-5-17-14-18(29)10-12-26(17,2)22(19)15-23(30)27(20,21)3/h16-23,29-30H,4-15H2,1-3H3,(H,28,31)(H,32,33)/t16-,17-,18-,19+,20-,21+,22+,23+,26+,27-/m1/s1. The number of hydrogen-bond donors (Lipinski definition) is 4. The third kappa shape index (κ3) is 4.47. The van der Waals surface area contributed by atoms with E-state index in [0.717, 1.165) is 38.5 Å². The topological polar surface area (TPSA) is 107 Å². The molecule has 33 heavy (non-hydrogen) atoms. The van der Waals surface area contributed by atoms with Gasteiger partial charge in [-0.1, -0.05) is 20.8 Å². The number of fused-ring (bicyclic) bond motifs is 5. The maximum absolute atomic E-state index is 12.2. The van der Waals surface area contributed by atoms with Crippen LogP contribution in [0, 0.1) is 46.3 Å². The van der Waals surface area contributed by atoms with Crippen molar-refractivity contribution in [2.45, 2.75) is 104 Å². The first kappa shape index (κ1) is 25.0. The number of carbonyl (C=O) groups excluding carboxylic acids is 1. The van der Waals surface area contributed by atoms with E-state index in [9.17, 15) is 19.8 Å². The second-order valence-corrected chi connectivity index (χ2v) is 12.4. The molecule has 6 heteroatoms. The molecule has 0 aliphatic heterocycles. The van der Waals surface area contributed by atoms with Gasteiger partial charge in [-0.3, -0.25) is 9.59 Å². The molecule has 6 nitrogen and oxygen atoms in total. The summed E-state index contributed by atoms with van der Waals surface area (Å²) in [7, 11) is 0. The molecule has 0 aromatic carbocycles. The molecule has 4 N–H and O–H groups in total. The Morgan fingerprint density at radius 2 is 1.76 bits per heavy atom. The molecule has 4 saturated carbocycles. The molecule has 0 radical (unpaired) electrons. The van der Waals surface area contributed by atoms with Gasteiger partial charge in [0, 0.05) is 13.0 Å². The van der Waals surface area contributed by atoms with Gasteiger partial charge in [-0.05, 0) is 104 Å². The molecule has 188 valence electrons. The molecule has 4 aliphatic carbocycles. The SMILES string of the molecule is C[C@H](CCC(=O)NCCC(=O)O)[C@H]1CC[C@H]2[C@@H]3CC[C@@H]4C[C@H](O)CC[C@]4(C)[C@H]3C[C@H](O)[C@]12C. The van der Waals surface area contributed by atoms with E-state index in [1.165, 1.54) is 19.3 Å². The smallest absolute Gasteiger partial charge is 0.305 e. The molecular weight excluding hydrogens is 418 g/mol. The molecule has 10 atom stereocenters. The summed E-state index contributed by atoms with van der Waals surface area (Å²) in [5.41, 5.74) is 0.167. The third-order valence-electron chi connectivity index (χ3n) is 11.0. The summed E-state index contributed by atoms with van der Waals surface area (Å²) in [6, 6.07) is 0. The number of carboxylic acids is 1. The molecule has 0 spiro atoms. The predicted octanol–water partition coefficient (Wildman–Crippen LogP) is 3.98. The first-order valence-corrected chi connectivity index (χ1v) is 13.4. The average Bonchev–Trinajstić information content (AvgIpc) is 3.12. The molecule has 0 heterocycles. The normalized spacial score (nSPS) is 45.4. The van der Waals surface area contributed by atoms with E-state index < -0.39 is 5.97 Å². The molecule has 1 amide bonds. The van der Waals surface area contributed by atoms with E-state index in [1.54, 1.807) is 0 Å². The molecule has 0 saturated heterocycles. The van der Waals surface area contributed by atoms with Gasteiger partial charge >= 0.3 is 5.97 Å². The zero-order chi connectivity index (χ0) is 24.0. The minimum Gasteiger partial charge on any atom is -0.481 e. The van der Waals surface area contributed by atoms with E-state index in [-0.39, 0.29) is 41.9 Å². The van der Waals surface area contributed by atoms with Crippen LogP contribution in [0.5, 0.6) is 0 Å². The summed E-state index contributed by atoms with van der Waals surface area (Å²) >= 11 is 0. The number of carboxylic acid groups (broad SMARTS) is 1. The Labute approximate surface area is 198 Å². The lowest BCUT2D eigenvalue weighted by Gasteiger charge is -2.62. The summed E-state index contributed by atoms with van der Waals surface area (Å²) in [5, 5.41) is 33.3. The number of nitrogens with one attached hydrogen (secondary N) is 1. The second kappa shape index (κ2) is 9.49. The fourth-order valence-corrected chi connectivity index (χ4v) is 9.12. The Bertz CT molecular complexity index is 742. The van der Waals surface area contributed by atoms with E-state index >= 15 is 0 Å². The minimum atomic E-state index is -0.898. The van der Waals surface area contributed by atoms with Crippen LogP contribution in [0.1, 0.15) is 91.4 Å². The number of rotatable bonds is 7. The number of aliphatic hydroxyl groups excluding tert-OH is 2. The van der Waals surface area contributed by atoms with Crippen LogP contribution in [-0.4, -0.2) is 45.9 Å². The summed E-state index contributed by atoms with van der Waals surface area (Å²) in [6.07, 6.45) is 9.29. The maximum atomic E-state index is 12.2. The van der Waals surface area contributed by atoms with E-state index in [0.29, 0.717) is 41.9 Å². The molecule has 0 aromatic heterocycles. The van der Waals surface area contributed by atoms with E-state index in [1.807, 2.05) is 0 Å².